The summed E-state index contributed by atoms with van der Waals surface area (Å²) in [6.07, 6.45) is -1.21. The van der Waals surface area contributed by atoms with Crippen LogP contribution in [0.5, 0.6) is 0 Å². The highest BCUT2D eigenvalue weighted by molar-refractivity contribution is 6.23. The van der Waals surface area contributed by atoms with E-state index in [4.69, 9.17) is 0 Å². The molecule has 3 N–H and O–H groups in total. The van der Waals surface area contributed by atoms with E-state index in [0.29, 0.717) is 6.42 Å². The van der Waals surface area contributed by atoms with E-state index in [1.165, 1.54) is 0 Å². The first kappa shape index (κ1) is 17.3. The van der Waals surface area contributed by atoms with Crippen molar-refractivity contribution in [1.82, 2.24) is 5.32 Å². The molecule has 2 atom stereocenters. The Bertz CT molecular complexity index is 726. The Kier molecular flexibility index (Phi) is 4.45. The molecule has 5 nitrogen and oxygen atoms in total. The molecule has 134 valence electrons. The number of hydrogen-bond donors (Lipinski definition) is 3. The summed E-state index contributed by atoms with van der Waals surface area (Å²) in [5, 5.41) is 15.4. The van der Waals surface area contributed by atoms with E-state index in [2.05, 4.69) is 10.6 Å². The van der Waals surface area contributed by atoms with Gasteiger partial charge in [-0.25, -0.2) is 0 Å². The second-order valence-corrected chi connectivity index (χ2v) is 6.26. The molecule has 1 saturated carbocycles. The third-order valence-electron chi connectivity index (χ3n) is 4.61. The van der Waals surface area contributed by atoms with Gasteiger partial charge in [0.05, 0.1) is 5.56 Å². The summed E-state index contributed by atoms with van der Waals surface area (Å²) in [4.78, 5) is 24.5. The van der Waals surface area contributed by atoms with Crippen LogP contribution in [0.25, 0.3) is 0 Å². The summed E-state index contributed by atoms with van der Waals surface area (Å²) in [6.45, 7) is 0. The quantitative estimate of drug-likeness (QED) is 0.714. The number of alkyl halides is 3. The summed E-state index contributed by atoms with van der Waals surface area (Å²) in [5.41, 5.74) is -1.10. The summed E-state index contributed by atoms with van der Waals surface area (Å²) < 4.78 is 37.7. The molecule has 1 aliphatic carbocycles. The van der Waals surface area contributed by atoms with Gasteiger partial charge < -0.3 is 15.7 Å². The average molecular weight is 354 g/mol. The number of aliphatic hydroxyl groups is 1. The number of anilines is 1. The van der Waals surface area contributed by atoms with Gasteiger partial charge in [0, 0.05) is 17.6 Å². The second kappa shape index (κ2) is 6.42. The fraction of sp³-hybridized carbons (Fsp3) is 0.412. The van der Waals surface area contributed by atoms with Crippen LogP contribution in [0.3, 0.4) is 0 Å². The predicted molar refractivity (Wildman–Crippen MR) is 83.6 cm³/mol. The zero-order valence-corrected chi connectivity index (χ0v) is 13.2. The van der Waals surface area contributed by atoms with Crippen LogP contribution >= 0.6 is 0 Å². The maximum absolute atomic E-state index is 12.6. The van der Waals surface area contributed by atoms with Crippen molar-refractivity contribution in [2.75, 3.05) is 5.32 Å². The van der Waals surface area contributed by atoms with Crippen LogP contribution in [-0.4, -0.2) is 23.0 Å². The van der Waals surface area contributed by atoms with Crippen molar-refractivity contribution in [3.05, 3.63) is 41.2 Å². The molecule has 3 rings (SSSR count). The number of carbonyl (C=O) groups excluding carboxylic acids is 2. The van der Waals surface area contributed by atoms with Crippen LogP contribution in [0.4, 0.5) is 18.9 Å². The van der Waals surface area contributed by atoms with Crippen molar-refractivity contribution in [3.63, 3.8) is 0 Å². The van der Waals surface area contributed by atoms with E-state index in [1.807, 2.05) is 0 Å². The van der Waals surface area contributed by atoms with Gasteiger partial charge in [0.15, 0.2) is 0 Å². The van der Waals surface area contributed by atoms with Crippen LogP contribution < -0.4 is 10.6 Å². The zero-order chi connectivity index (χ0) is 18.2. The maximum atomic E-state index is 12.6. The lowest BCUT2D eigenvalue weighted by atomic mass is 9.79. The Morgan fingerprint density at radius 1 is 1.16 bits per heavy atom. The molecule has 1 fully saturated rings. The van der Waals surface area contributed by atoms with Gasteiger partial charge in [0.1, 0.15) is 11.3 Å². The SMILES string of the molecule is O=C(Nc1ccc(C(F)(F)F)cc1)C1=C(O)C2CCCCC2NC1=O. The van der Waals surface area contributed by atoms with E-state index in [0.717, 1.165) is 43.5 Å². The average Bonchev–Trinajstić information content (AvgIpc) is 2.54. The molecule has 1 aliphatic heterocycles. The lowest BCUT2D eigenvalue weighted by molar-refractivity contribution is -0.137. The van der Waals surface area contributed by atoms with E-state index in [1.54, 1.807) is 0 Å². The molecule has 1 heterocycles. The third kappa shape index (κ3) is 3.47. The molecule has 25 heavy (non-hydrogen) atoms. The van der Waals surface area contributed by atoms with Gasteiger partial charge >= 0.3 is 6.18 Å². The van der Waals surface area contributed by atoms with Crippen LogP contribution in [0.1, 0.15) is 31.2 Å². The van der Waals surface area contributed by atoms with Crippen LogP contribution in [0.2, 0.25) is 0 Å². The predicted octanol–water partition coefficient (Wildman–Crippen LogP) is 3.14. The van der Waals surface area contributed by atoms with Crippen molar-refractivity contribution < 1.29 is 27.9 Å². The van der Waals surface area contributed by atoms with E-state index in [9.17, 15) is 27.9 Å². The van der Waals surface area contributed by atoms with Gasteiger partial charge in [0.2, 0.25) is 0 Å². The molecule has 0 radical (unpaired) electrons. The number of fused-ring (bicyclic) bond motifs is 1. The van der Waals surface area contributed by atoms with Gasteiger partial charge in [-0.1, -0.05) is 12.8 Å². The Hall–Kier alpha value is -2.51. The number of halogens is 3. The van der Waals surface area contributed by atoms with E-state index >= 15 is 0 Å². The van der Waals surface area contributed by atoms with Crippen LogP contribution in [-0.2, 0) is 15.8 Å². The smallest absolute Gasteiger partial charge is 0.416 e. The number of benzene rings is 1. The highest BCUT2D eigenvalue weighted by Gasteiger charge is 2.40. The van der Waals surface area contributed by atoms with Crippen LogP contribution in [0, 0.1) is 5.92 Å². The number of carbonyl (C=O) groups is 2. The summed E-state index contributed by atoms with van der Waals surface area (Å²) >= 11 is 0. The Balaban J connectivity index is 1.79. The highest BCUT2D eigenvalue weighted by Crippen LogP contribution is 2.34. The molecule has 8 heteroatoms. The topological polar surface area (TPSA) is 78.4 Å². The first-order chi connectivity index (χ1) is 11.8. The van der Waals surface area contributed by atoms with Gasteiger partial charge in [-0.3, -0.25) is 9.59 Å². The molecule has 1 aromatic rings. The molecular formula is C17H17F3N2O3. The number of hydrogen-bond acceptors (Lipinski definition) is 3. The first-order valence-electron chi connectivity index (χ1n) is 8.00. The fourth-order valence-corrected chi connectivity index (χ4v) is 3.33. The van der Waals surface area contributed by atoms with Gasteiger partial charge in [-0.2, -0.15) is 13.2 Å². The van der Waals surface area contributed by atoms with Crippen molar-refractivity contribution >= 4 is 17.5 Å². The Morgan fingerprint density at radius 2 is 1.80 bits per heavy atom. The molecule has 0 saturated heterocycles. The summed E-state index contributed by atoms with van der Waals surface area (Å²) in [5.74, 6) is -2.03. The minimum atomic E-state index is -4.47. The lowest BCUT2D eigenvalue weighted by Crippen LogP contribution is -2.50. The number of amides is 2. The maximum Gasteiger partial charge on any atom is 0.416 e. The van der Waals surface area contributed by atoms with Crippen molar-refractivity contribution in [1.29, 1.82) is 0 Å². The highest BCUT2D eigenvalue weighted by atomic mass is 19.4. The Labute approximate surface area is 141 Å². The third-order valence-corrected chi connectivity index (χ3v) is 4.61. The summed E-state index contributed by atoms with van der Waals surface area (Å²) in [7, 11) is 0. The molecule has 2 aliphatic rings. The first-order valence-corrected chi connectivity index (χ1v) is 8.00. The second-order valence-electron chi connectivity index (χ2n) is 6.26. The van der Waals surface area contributed by atoms with Crippen molar-refractivity contribution in [2.24, 2.45) is 5.92 Å². The Morgan fingerprint density at radius 3 is 2.44 bits per heavy atom. The monoisotopic (exact) mass is 354 g/mol. The molecule has 0 spiro atoms. The lowest BCUT2D eigenvalue weighted by Gasteiger charge is -2.36. The van der Waals surface area contributed by atoms with E-state index < -0.39 is 23.6 Å². The number of rotatable bonds is 2. The standard InChI is InChI=1S/C17H17F3N2O3/c18-17(19,20)9-5-7-10(8-6-9)21-15(24)13-14(23)11-3-1-2-4-12(11)22-16(13)25/h5-8,11-12,23H,1-4H2,(H,21,24)(H,22,25). The minimum Gasteiger partial charge on any atom is -0.511 e. The van der Waals surface area contributed by atoms with Gasteiger partial charge in [0.25, 0.3) is 11.8 Å². The number of nitrogens with one attached hydrogen (secondary N) is 2. The van der Waals surface area contributed by atoms with Gasteiger partial charge in [-0.15, -0.1) is 0 Å². The molecule has 1 aromatic carbocycles. The summed E-state index contributed by atoms with van der Waals surface area (Å²) in [6, 6.07) is 3.69. The van der Waals surface area contributed by atoms with Crippen molar-refractivity contribution in [3.8, 4) is 0 Å². The number of aliphatic hydroxyl groups excluding tert-OH is 1. The molecular weight excluding hydrogens is 337 g/mol. The normalized spacial score (nSPS) is 23.7. The molecule has 0 bridgehead atoms. The molecule has 2 amide bonds. The van der Waals surface area contributed by atoms with E-state index in [-0.39, 0.29) is 29.0 Å². The van der Waals surface area contributed by atoms with Crippen LogP contribution in [0.15, 0.2) is 35.6 Å². The largest absolute Gasteiger partial charge is 0.511 e. The van der Waals surface area contributed by atoms with Crippen molar-refractivity contribution in [2.45, 2.75) is 37.9 Å². The fourth-order valence-electron chi connectivity index (χ4n) is 3.33. The molecule has 2 unspecified atom stereocenters. The molecule has 0 aromatic heterocycles. The van der Waals surface area contributed by atoms with Gasteiger partial charge in [-0.05, 0) is 37.1 Å². The minimum absolute atomic E-state index is 0.108. The zero-order valence-electron chi connectivity index (χ0n) is 13.2.